The highest BCUT2D eigenvalue weighted by Gasteiger charge is 2.29. The van der Waals surface area contributed by atoms with E-state index in [1.807, 2.05) is 0 Å². The SMILES string of the molecule is CC(=O)Nc1cc2c(-c3nc(C(C)(F)F)cs3)cn(C(=O)OC(C)(C)C)c2cn1. The van der Waals surface area contributed by atoms with Gasteiger partial charge in [0.1, 0.15) is 22.1 Å². The lowest BCUT2D eigenvalue weighted by molar-refractivity contribution is -0.114. The Balaban J connectivity index is 2.17. The van der Waals surface area contributed by atoms with Gasteiger partial charge in [0.25, 0.3) is 5.92 Å². The summed E-state index contributed by atoms with van der Waals surface area (Å²) in [7, 11) is 0. The Hall–Kier alpha value is -2.88. The number of alkyl halides is 2. The number of aromatic nitrogens is 3. The molecule has 29 heavy (non-hydrogen) atoms. The van der Waals surface area contributed by atoms with Gasteiger partial charge in [-0.15, -0.1) is 11.3 Å². The van der Waals surface area contributed by atoms with Gasteiger partial charge in [0.05, 0.1) is 11.7 Å². The van der Waals surface area contributed by atoms with Crippen molar-refractivity contribution < 1.29 is 23.1 Å². The van der Waals surface area contributed by atoms with Crippen molar-refractivity contribution in [2.45, 2.75) is 46.1 Å². The molecule has 0 aliphatic heterocycles. The second-order valence-corrected chi connectivity index (χ2v) is 8.45. The highest BCUT2D eigenvalue weighted by molar-refractivity contribution is 7.13. The fourth-order valence-electron chi connectivity index (χ4n) is 2.60. The molecule has 3 aromatic heterocycles. The van der Waals surface area contributed by atoms with Crippen molar-refractivity contribution in [3.8, 4) is 10.6 Å². The van der Waals surface area contributed by atoms with Crippen molar-refractivity contribution in [2.24, 2.45) is 0 Å². The van der Waals surface area contributed by atoms with E-state index in [9.17, 15) is 18.4 Å². The Kier molecular flexibility index (Phi) is 5.16. The van der Waals surface area contributed by atoms with E-state index in [4.69, 9.17) is 4.74 Å². The van der Waals surface area contributed by atoms with Crippen molar-refractivity contribution >= 4 is 40.1 Å². The van der Waals surface area contributed by atoms with Crippen LogP contribution in [0.1, 0.15) is 40.3 Å². The van der Waals surface area contributed by atoms with Gasteiger partial charge >= 0.3 is 6.09 Å². The minimum atomic E-state index is -3.08. The molecule has 0 radical (unpaired) electrons. The molecule has 154 valence electrons. The van der Waals surface area contributed by atoms with Gasteiger partial charge in [0, 0.05) is 36.4 Å². The number of hydrogen-bond donors (Lipinski definition) is 1. The van der Waals surface area contributed by atoms with Gasteiger partial charge in [-0.3, -0.25) is 9.36 Å². The molecular formula is C19H20F2N4O3S. The Labute approximate surface area is 169 Å². The molecule has 7 nitrogen and oxygen atoms in total. The summed E-state index contributed by atoms with van der Waals surface area (Å²) in [5.41, 5.74) is -0.216. The number of fused-ring (bicyclic) bond motifs is 1. The third kappa shape index (κ3) is 4.58. The molecule has 0 saturated carbocycles. The minimum absolute atomic E-state index is 0.269. The molecule has 0 aliphatic carbocycles. The van der Waals surface area contributed by atoms with Gasteiger partial charge in [-0.25, -0.2) is 14.8 Å². The number of halogens is 2. The van der Waals surface area contributed by atoms with Crippen molar-refractivity contribution in [3.05, 3.63) is 29.5 Å². The van der Waals surface area contributed by atoms with Crippen LogP contribution in [0.2, 0.25) is 0 Å². The summed E-state index contributed by atoms with van der Waals surface area (Å²) < 4.78 is 33.9. The molecule has 0 aliphatic rings. The Morgan fingerprint density at radius 1 is 1.24 bits per heavy atom. The third-order valence-electron chi connectivity index (χ3n) is 3.77. The van der Waals surface area contributed by atoms with Crippen LogP contribution in [0.25, 0.3) is 21.5 Å². The largest absolute Gasteiger partial charge is 0.443 e. The first kappa shape index (κ1) is 20.8. The van der Waals surface area contributed by atoms with Crippen molar-refractivity contribution in [1.82, 2.24) is 14.5 Å². The van der Waals surface area contributed by atoms with Gasteiger partial charge in [-0.05, 0) is 26.8 Å². The zero-order chi connectivity index (χ0) is 21.6. The van der Waals surface area contributed by atoms with Crippen LogP contribution >= 0.6 is 11.3 Å². The van der Waals surface area contributed by atoms with Gasteiger partial charge in [0.2, 0.25) is 5.91 Å². The lowest BCUT2D eigenvalue weighted by atomic mass is 10.2. The number of hydrogen-bond acceptors (Lipinski definition) is 6. The van der Waals surface area contributed by atoms with E-state index < -0.39 is 17.6 Å². The van der Waals surface area contributed by atoms with E-state index in [1.54, 1.807) is 26.8 Å². The Morgan fingerprint density at radius 2 is 1.93 bits per heavy atom. The molecule has 3 rings (SSSR count). The fourth-order valence-corrected chi connectivity index (χ4v) is 3.53. The van der Waals surface area contributed by atoms with Crippen LogP contribution in [-0.2, 0) is 15.5 Å². The number of carbonyl (C=O) groups excluding carboxylic acids is 2. The molecular weight excluding hydrogens is 402 g/mol. The number of nitrogens with zero attached hydrogens (tertiary/aromatic N) is 3. The summed E-state index contributed by atoms with van der Waals surface area (Å²) in [5, 5.41) is 4.69. The number of nitrogens with one attached hydrogen (secondary N) is 1. The predicted octanol–water partition coefficient (Wildman–Crippen LogP) is 5.01. The average molecular weight is 422 g/mol. The molecule has 0 bridgehead atoms. The monoisotopic (exact) mass is 422 g/mol. The maximum atomic E-state index is 13.6. The standard InChI is InChI=1S/C19H20F2N4O3S/c1-10(26)23-15-6-11-12(16-24-14(9-29-16)19(5,20)21)8-25(13(11)7-22-15)17(27)28-18(2,3)4/h6-9H,1-5H3,(H,22,23,26). The van der Waals surface area contributed by atoms with E-state index in [-0.39, 0.29) is 17.4 Å². The van der Waals surface area contributed by atoms with Gasteiger partial charge < -0.3 is 10.1 Å². The smallest absolute Gasteiger partial charge is 0.419 e. The number of pyridine rings is 1. The third-order valence-corrected chi connectivity index (χ3v) is 4.65. The molecule has 0 spiro atoms. The first-order valence-electron chi connectivity index (χ1n) is 8.71. The lowest BCUT2D eigenvalue weighted by Crippen LogP contribution is -2.26. The molecule has 0 fully saturated rings. The van der Waals surface area contributed by atoms with Crippen LogP contribution in [0.4, 0.5) is 19.4 Å². The first-order chi connectivity index (χ1) is 13.3. The van der Waals surface area contributed by atoms with E-state index in [0.29, 0.717) is 21.5 Å². The Morgan fingerprint density at radius 3 is 2.48 bits per heavy atom. The molecule has 10 heteroatoms. The molecule has 0 saturated heterocycles. The molecule has 3 aromatic rings. The normalized spacial score (nSPS) is 12.2. The van der Waals surface area contributed by atoms with Crippen LogP contribution in [0.5, 0.6) is 0 Å². The number of carbonyl (C=O) groups is 2. The Bertz CT molecular complexity index is 1090. The highest BCUT2D eigenvalue weighted by atomic mass is 32.1. The van der Waals surface area contributed by atoms with Gasteiger partial charge in [-0.2, -0.15) is 8.78 Å². The number of rotatable bonds is 3. The molecule has 1 amide bonds. The second-order valence-electron chi connectivity index (χ2n) is 7.59. The fraction of sp³-hybridized carbons (Fsp3) is 0.368. The van der Waals surface area contributed by atoms with Crippen molar-refractivity contribution in [1.29, 1.82) is 0 Å². The van der Waals surface area contributed by atoms with Gasteiger partial charge in [0.15, 0.2) is 0 Å². The van der Waals surface area contributed by atoms with Crippen LogP contribution in [0.3, 0.4) is 0 Å². The maximum Gasteiger partial charge on any atom is 0.419 e. The number of ether oxygens (including phenoxy) is 1. The van der Waals surface area contributed by atoms with E-state index in [0.717, 1.165) is 18.3 Å². The minimum Gasteiger partial charge on any atom is -0.443 e. The number of amides is 1. The molecule has 1 N–H and O–H groups in total. The summed E-state index contributed by atoms with van der Waals surface area (Å²) in [5.74, 6) is -3.13. The molecule has 3 heterocycles. The highest BCUT2D eigenvalue weighted by Crippen LogP contribution is 2.37. The summed E-state index contributed by atoms with van der Waals surface area (Å²) >= 11 is 1.04. The second kappa shape index (κ2) is 7.18. The predicted molar refractivity (Wildman–Crippen MR) is 106 cm³/mol. The van der Waals surface area contributed by atoms with E-state index in [2.05, 4.69) is 15.3 Å². The van der Waals surface area contributed by atoms with Crippen LogP contribution in [0.15, 0.2) is 23.8 Å². The first-order valence-corrected chi connectivity index (χ1v) is 9.59. The molecule has 0 aromatic carbocycles. The van der Waals surface area contributed by atoms with Crippen molar-refractivity contribution in [3.63, 3.8) is 0 Å². The lowest BCUT2D eigenvalue weighted by Gasteiger charge is -2.19. The summed E-state index contributed by atoms with van der Waals surface area (Å²) in [4.78, 5) is 32.2. The van der Waals surface area contributed by atoms with Gasteiger partial charge in [-0.1, -0.05) is 0 Å². The maximum absolute atomic E-state index is 13.6. The topological polar surface area (TPSA) is 86.1 Å². The van der Waals surface area contributed by atoms with Crippen LogP contribution < -0.4 is 5.32 Å². The summed E-state index contributed by atoms with van der Waals surface area (Å²) in [6.07, 6.45) is 2.26. The molecule has 0 atom stereocenters. The number of thiazole rings is 1. The van der Waals surface area contributed by atoms with E-state index in [1.165, 1.54) is 29.3 Å². The van der Waals surface area contributed by atoms with Crippen LogP contribution in [0, 0.1) is 0 Å². The number of anilines is 1. The average Bonchev–Trinajstić information content (AvgIpc) is 3.16. The zero-order valence-corrected chi connectivity index (χ0v) is 17.4. The molecule has 0 unspecified atom stereocenters. The summed E-state index contributed by atoms with van der Waals surface area (Å²) in [6, 6.07) is 1.57. The zero-order valence-electron chi connectivity index (χ0n) is 16.5. The van der Waals surface area contributed by atoms with E-state index >= 15 is 0 Å². The summed E-state index contributed by atoms with van der Waals surface area (Å²) in [6.45, 7) is 7.33. The van der Waals surface area contributed by atoms with Crippen LogP contribution in [-0.4, -0.2) is 32.1 Å². The van der Waals surface area contributed by atoms with Crippen molar-refractivity contribution in [2.75, 3.05) is 5.32 Å². The quantitative estimate of drug-likeness (QED) is 0.641.